The molecule has 3 aromatic rings. The third-order valence-electron chi connectivity index (χ3n) is 2.87. The van der Waals surface area contributed by atoms with E-state index >= 15 is 0 Å². The molecule has 0 unspecified atom stereocenters. The summed E-state index contributed by atoms with van der Waals surface area (Å²) in [6, 6.07) is 14.0. The first-order valence-electron chi connectivity index (χ1n) is 5.62. The maximum absolute atomic E-state index is 5.98. The summed E-state index contributed by atoms with van der Waals surface area (Å²) in [6.45, 7) is 0. The number of nitrogens with one attached hydrogen (secondary N) is 2. The van der Waals surface area contributed by atoms with Gasteiger partial charge in [-0.05, 0) is 24.3 Å². The monoisotopic (exact) mass is 301 g/mol. The van der Waals surface area contributed by atoms with Crippen molar-refractivity contribution in [3.63, 3.8) is 0 Å². The molecule has 0 aliphatic rings. The molecular weight excluding hydrogens is 290 g/mol. The Morgan fingerprint density at radius 1 is 1.06 bits per heavy atom. The lowest BCUT2D eigenvalue weighted by Gasteiger charge is -2.08. The van der Waals surface area contributed by atoms with Gasteiger partial charge in [-0.2, -0.15) is 0 Å². The summed E-state index contributed by atoms with van der Waals surface area (Å²) < 4.78 is 0.976. The molecule has 0 atom stereocenters. The van der Waals surface area contributed by atoms with Gasteiger partial charge in [-0.1, -0.05) is 34.1 Å². The average Bonchev–Trinajstić information content (AvgIpc) is 2.76. The van der Waals surface area contributed by atoms with E-state index in [1.165, 1.54) is 0 Å². The van der Waals surface area contributed by atoms with Crippen LogP contribution in [0.4, 0.5) is 17.1 Å². The zero-order valence-electron chi connectivity index (χ0n) is 9.57. The second-order valence-electron chi connectivity index (χ2n) is 4.10. The Hall–Kier alpha value is -1.94. The maximum atomic E-state index is 5.98. The summed E-state index contributed by atoms with van der Waals surface area (Å²) in [6.07, 6.45) is 1.95. The van der Waals surface area contributed by atoms with Gasteiger partial charge in [-0.3, -0.25) is 0 Å². The van der Waals surface area contributed by atoms with Crippen LogP contribution in [0.25, 0.3) is 10.9 Å². The Balaban J connectivity index is 2.01. The minimum atomic E-state index is 0.717. The second-order valence-corrected chi connectivity index (χ2v) is 5.02. The number of hydrogen-bond donors (Lipinski definition) is 3. The molecule has 0 bridgehead atoms. The van der Waals surface area contributed by atoms with Gasteiger partial charge in [-0.25, -0.2) is 0 Å². The minimum absolute atomic E-state index is 0.717. The van der Waals surface area contributed by atoms with E-state index in [-0.39, 0.29) is 0 Å². The van der Waals surface area contributed by atoms with Crippen molar-refractivity contribution in [2.24, 2.45) is 0 Å². The van der Waals surface area contributed by atoms with Gasteiger partial charge in [0.05, 0.1) is 17.1 Å². The molecule has 0 saturated carbocycles. The number of para-hydroxylation sites is 1. The smallest absolute Gasteiger partial charge is 0.0642 e. The van der Waals surface area contributed by atoms with E-state index in [1.807, 2.05) is 42.6 Å². The van der Waals surface area contributed by atoms with Crippen LogP contribution in [0.3, 0.4) is 0 Å². The summed E-state index contributed by atoms with van der Waals surface area (Å²) in [7, 11) is 0. The van der Waals surface area contributed by atoms with E-state index in [1.54, 1.807) is 0 Å². The molecule has 0 fully saturated rings. The van der Waals surface area contributed by atoms with E-state index in [4.69, 9.17) is 5.73 Å². The van der Waals surface area contributed by atoms with Crippen LogP contribution in [0.5, 0.6) is 0 Å². The van der Waals surface area contributed by atoms with Crippen molar-refractivity contribution in [1.82, 2.24) is 4.98 Å². The molecule has 1 heterocycles. The molecule has 0 spiro atoms. The highest BCUT2D eigenvalue weighted by Crippen LogP contribution is 2.30. The largest absolute Gasteiger partial charge is 0.397 e. The maximum Gasteiger partial charge on any atom is 0.0642 e. The summed E-state index contributed by atoms with van der Waals surface area (Å²) >= 11 is 3.40. The van der Waals surface area contributed by atoms with E-state index in [0.717, 1.165) is 32.4 Å². The lowest BCUT2D eigenvalue weighted by atomic mass is 10.2. The highest BCUT2D eigenvalue weighted by Gasteiger charge is 2.05. The van der Waals surface area contributed by atoms with Crippen molar-refractivity contribution in [1.29, 1.82) is 0 Å². The standard InChI is InChI=1S/C14H12BrN3/c15-9-5-6-13(11(16)7-9)18-14-8-17-12-4-2-1-3-10(12)14/h1-8,17-18H,16H2. The number of nitrogen functional groups attached to an aromatic ring is 1. The van der Waals surface area contributed by atoms with E-state index < -0.39 is 0 Å². The van der Waals surface area contributed by atoms with Gasteiger partial charge in [0.2, 0.25) is 0 Å². The Kier molecular flexibility index (Phi) is 2.72. The van der Waals surface area contributed by atoms with Crippen molar-refractivity contribution >= 4 is 43.9 Å². The first-order chi connectivity index (χ1) is 8.74. The van der Waals surface area contributed by atoms with Gasteiger partial charge < -0.3 is 16.0 Å². The molecule has 0 amide bonds. The number of benzene rings is 2. The zero-order valence-corrected chi connectivity index (χ0v) is 11.2. The Labute approximate surface area is 113 Å². The first-order valence-corrected chi connectivity index (χ1v) is 6.41. The van der Waals surface area contributed by atoms with Crippen molar-refractivity contribution in [2.75, 3.05) is 11.1 Å². The molecule has 1 aromatic heterocycles. The second kappa shape index (κ2) is 4.38. The Morgan fingerprint density at radius 2 is 1.89 bits per heavy atom. The van der Waals surface area contributed by atoms with Gasteiger partial charge in [0.1, 0.15) is 0 Å². The predicted octanol–water partition coefficient (Wildman–Crippen LogP) is 4.26. The Bertz CT molecular complexity index is 703. The molecule has 3 rings (SSSR count). The van der Waals surface area contributed by atoms with Crippen molar-refractivity contribution in [2.45, 2.75) is 0 Å². The third kappa shape index (κ3) is 1.95. The summed E-state index contributed by atoms with van der Waals surface area (Å²) in [5, 5.41) is 4.50. The molecule has 18 heavy (non-hydrogen) atoms. The lowest BCUT2D eigenvalue weighted by molar-refractivity contribution is 1.46. The van der Waals surface area contributed by atoms with Crippen LogP contribution in [-0.2, 0) is 0 Å². The van der Waals surface area contributed by atoms with Gasteiger partial charge in [0.15, 0.2) is 0 Å². The molecule has 0 saturated heterocycles. The van der Waals surface area contributed by atoms with Crippen molar-refractivity contribution in [3.05, 3.63) is 53.1 Å². The zero-order chi connectivity index (χ0) is 12.5. The minimum Gasteiger partial charge on any atom is -0.397 e. The molecule has 0 radical (unpaired) electrons. The first kappa shape index (κ1) is 11.2. The number of halogens is 1. The molecule has 0 aliphatic heterocycles. The molecule has 90 valence electrons. The normalized spacial score (nSPS) is 10.7. The van der Waals surface area contributed by atoms with Crippen molar-refractivity contribution < 1.29 is 0 Å². The number of anilines is 3. The quantitative estimate of drug-likeness (QED) is 0.620. The number of aromatic nitrogens is 1. The molecule has 4 heteroatoms. The fourth-order valence-corrected chi connectivity index (χ4v) is 2.35. The third-order valence-corrected chi connectivity index (χ3v) is 3.37. The van der Waals surface area contributed by atoms with Gasteiger partial charge in [0.25, 0.3) is 0 Å². The van der Waals surface area contributed by atoms with Crippen LogP contribution in [0.2, 0.25) is 0 Å². The highest BCUT2D eigenvalue weighted by molar-refractivity contribution is 9.10. The number of hydrogen-bond acceptors (Lipinski definition) is 2. The predicted molar refractivity (Wildman–Crippen MR) is 80.1 cm³/mol. The summed E-state index contributed by atoms with van der Waals surface area (Å²) in [5.74, 6) is 0. The molecule has 2 aromatic carbocycles. The summed E-state index contributed by atoms with van der Waals surface area (Å²) in [4.78, 5) is 3.23. The van der Waals surface area contributed by atoms with Gasteiger partial charge in [0, 0.05) is 21.6 Å². The molecular formula is C14H12BrN3. The van der Waals surface area contributed by atoms with E-state index in [0.29, 0.717) is 0 Å². The lowest BCUT2D eigenvalue weighted by Crippen LogP contribution is -1.95. The van der Waals surface area contributed by atoms with Crippen LogP contribution in [0.15, 0.2) is 53.1 Å². The van der Waals surface area contributed by atoms with Crippen LogP contribution in [0, 0.1) is 0 Å². The number of rotatable bonds is 2. The van der Waals surface area contributed by atoms with E-state index in [2.05, 4.69) is 32.3 Å². The van der Waals surface area contributed by atoms with E-state index in [9.17, 15) is 0 Å². The number of aromatic amines is 1. The number of nitrogens with two attached hydrogens (primary N) is 1. The Morgan fingerprint density at radius 3 is 2.72 bits per heavy atom. The van der Waals surface area contributed by atoms with Crippen molar-refractivity contribution in [3.8, 4) is 0 Å². The van der Waals surface area contributed by atoms with Gasteiger partial charge in [-0.15, -0.1) is 0 Å². The highest BCUT2D eigenvalue weighted by atomic mass is 79.9. The van der Waals surface area contributed by atoms with Crippen LogP contribution >= 0.6 is 15.9 Å². The molecule has 0 aliphatic carbocycles. The number of H-pyrrole nitrogens is 1. The van der Waals surface area contributed by atoms with Crippen LogP contribution < -0.4 is 11.1 Å². The fraction of sp³-hybridized carbons (Fsp3) is 0. The van der Waals surface area contributed by atoms with Crippen LogP contribution in [-0.4, -0.2) is 4.98 Å². The SMILES string of the molecule is Nc1cc(Br)ccc1Nc1c[nH]c2ccccc12. The van der Waals surface area contributed by atoms with Gasteiger partial charge >= 0.3 is 0 Å². The molecule has 3 nitrogen and oxygen atoms in total. The fourth-order valence-electron chi connectivity index (χ4n) is 1.97. The van der Waals surface area contributed by atoms with Crippen LogP contribution in [0.1, 0.15) is 0 Å². The average molecular weight is 302 g/mol. The molecule has 4 N–H and O–H groups in total. The number of fused-ring (bicyclic) bond motifs is 1. The topological polar surface area (TPSA) is 53.8 Å². The summed E-state index contributed by atoms with van der Waals surface area (Å²) in [5.41, 5.74) is 9.74.